The van der Waals surface area contributed by atoms with Crippen LogP contribution in [0.1, 0.15) is 46.6 Å². The summed E-state index contributed by atoms with van der Waals surface area (Å²) in [5.74, 6) is 4.67. The van der Waals surface area contributed by atoms with Gasteiger partial charge in [0.1, 0.15) is 12.1 Å². The Morgan fingerprint density at radius 2 is 1.00 bits per heavy atom. The summed E-state index contributed by atoms with van der Waals surface area (Å²) < 4.78 is 11.4. The van der Waals surface area contributed by atoms with E-state index in [9.17, 15) is 9.59 Å². The molecule has 0 unspecified atom stereocenters. The van der Waals surface area contributed by atoms with Crippen LogP contribution in [0.3, 0.4) is 0 Å². The number of benzene rings is 2. The number of rotatable bonds is 10. The van der Waals surface area contributed by atoms with E-state index < -0.39 is 0 Å². The molecule has 4 aromatic rings. The van der Waals surface area contributed by atoms with Crippen molar-refractivity contribution >= 4 is 11.8 Å². The highest BCUT2D eigenvalue weighted by molar-refractivity contribution is 6.01. The molecule has 6 aliphatic carbocycles. The molecule has 0 bridgehead atoms. The van der Waals surface area contributed by atoms with Gasteiger partial charge in [0.15, 0.2) is 11.6 Å². The summed E-state index contributed by atoms with van der Waals surface area (Å²) >= 11 is 0. The molecule has 2 aromatic heterocycles. The largest absolute Gasteiger partial charge is 0.337 e. The summed E-state index contributed by atoms with van der Waals surface area (Å²) in [7, 11) is 0. The predicted octanol–water partition coefficient (Wildman–Crippen LogP) is 4.34. The second-order valence-corrected chi connectivity index (χ2v) is 14.8. The van der Waals surface area contributed by atoms with Crippen molar-refractivity contribution in [2.75, 3.05) is 13.1 Å². The van der Waals surface area contributed by atoms with Crippen LogP contribution >= 0.6 is 0 Å². The van der Waals surface area contributed by atoms with E-state index in [-0.39, 0.29) is 34.7 Å². The van der Waals surface area contributed by atoms with Gasteiger partial charge in [-0.05, 0) is 59.5 Å². The molecule has 8 aliphatic rings. The van der Waals surface area contributed by atoms with Gasteiger partial charge in [-0.1, -0.05) is 95.3 Å². The lowest BCUT2D eigenvalue weighted by Gasteiger charge is -3.09. The van der Waals surface area contributed by atoms with E-state index in [1.165, 1.54) is 11.1 Å². The first-order valence-electron chi connectivity index (χ1n) is 17.3. The van der Waals surface area contributed by atoms with Crippen LogP contribution in [0.5, 0.6) is 0 Å². The van der Waals surface area contributed by atoms with E-state index in [0.717, 1.165) is 12.8 Å². The van der Waals surface area contributed by atoms with E-state index >= 15 is 0 Å². The first-order valence-corrected chi connectivity index (χ1v) is 17.3. The highest BCUT2D eigenvalue weighted by Crippen LogP contribution is 3.10. The van der Waals surface area contributed by atoms with Crippen LogP contribution in [-0.2, 0) is 35.3 Å². The molecule has 48 heavy (non-hydrogen) atoms. The SMILES string of the molecule is O=C(N1CC=C[C@H]1c1nc(CCc2ccccc2)no1)C12C3C4C1C1C2C3C41C(=O)N1CC=C[C@H]1c1nc(CCc2ccccc2)no1. The van der Waals surface area contributed by atoms with Gasteiger partial charge in [0.2, 0.25) is 11.8 Å². The molecule has 10 nitrogen and oxygen atoms in total. The first kappa shape index (κ1) is 27.1. The fraction of sp³-hybridized carbons (Fsp3) is 0.421. The molecule has 2 amide bonds. The zero-order chi connectivity index (χ0) is 31.8. The number of carbonyl (C=O) groups is 2. The van der Waals surface area contributed by atoms with Crippen molar-refractivity contribution < 1.29 is 18.6 Å². The van der Waals surface area contributed by atoms with Crippen molar-refractivity contribution in [1.29, 1.82) is 0 Å². The molecule has 4 heterocycles. The van der Waals surface area contributed by atoms with Crippen molar-refractivity contribution in [3.8, 4) is 0 Å². The zero-order valence-electron chi connectivity index (χ0n) is 26.3. The second kappa shape index (κ2) is 9.39. The third-order valence-electron chi connectivity index (χ3n) is 13.2. The number of hydrogen-bond donors (Lipinski definition) is 0. The molecule has 2 atom stereocenters. The maximum absolute atomic E-state index is 14.3. The van der Waals surface area contributed by atoms with E-state index in [1.807, 2.05) is 70.5 Å². The Bertz CT molecular complexity index is 1830. The van der Waals surface area contributed by atoms with E-state index in [4.69, 9.17) is 19.0 Å². The van der Waals surface area contributed by atoms with Gasteiger partial charge < -0.3 is 18.8 Å². The quantitative estimate of drug-likeness (QED) is 0.236. The third-order valence-corrected chi connectivity index (χ3v) is 13.2. The van der Waals surface area contributed by atoms with Gasteiger partial charge >= 0.3 is 0 Å². The maximum Gasteiger partial charge on any atom is 0.253 e. The summed E-state index contributed by atoms with van der Waals surface area (Å²) in [6.07, 6.45) is 11.1. The topological polar surface area (TPSA) is 118 Å². The van der Waals surface area contributed by atoms with Crippen molar-refractivity contribution in [3.05, 3.63) is 120 Å². The molecular formula is C38H34N6O4. The Morgan fingerprint density at radius 3 is 1.40 bits per heavy atom. The summed E-state index contributed by atoms with van der Waals surface area (Å²) in [4.78, 5) is 41.9. The lowest BCUT2D eigenvalue weighted by atomic mass is 8.92. The Morgan fingerprint density at radius 1 is 0.604 bits per heavy atom. The Labute approximate surface area is 276 Å². The Balaban J connectivity index is 0.758. The van der Waals surface area contributed by atoms with Crippen molar-refractivity contribution in [2.24, 2.45) is 46.3 Å². The number of nitrogens with zero attached hydrogens (tertiary/aromatic N) is 6. The molecule has 6 saturated carbocycles. The van der Waals surface area contributed by atoms with Gasteiger partial charge in [-0.15, -0.1) is 0 Å². The number of amides is 2. The molecule has 0 spiro atoms. The Kier molecular flexibility index (Phi) is 5.31. The molecule has 0 N–H and O–H groups in total. The normalized spacial score (nSPS) is 36.6. The van der Waals surface area contributed by atoms with Crippen LogP contribution in [0.25, 0.3) is 0 Å². The van der Waals surface area contributed by atoms with Crippen LogP contribution in [0.2, 0.25) is 0 Å². The van der Waals surface area contributed by atoms with E-state index in [2.05, 4.69) is 34.6 Å². The van der Waals surface area contributed by atoms with Gasteiger partial charge in [0.05, 0.1) is 10.8 Å². The Hall–Kier alpha value is -4.86. The number of aromatic nitrogens is 4. The average molecular weight is 639 g/mol. The maximum atomic E-state index is 14.3. The predicted molar refractivity (Wildman–Crippen MR) is 169 cm³/mol. The zero-order valence-corrected chi connectivity index (χ0v) is 26.3. The highest BCUT2D eigenvalue weighted by Gasteiger charge is 3.13. The molecule has 6 fully saturated rings. The van der Waals surface area contributed by atoms with Crippen molar-refractivity contribution in [3.63, 3.8) is 0 Å². The van der Waals surface area contributed by atoms with Crippen LogP contribution < -0.4 is 0 Å². The van der Waals surface area contributed by atoms with Crippen LogP contribution in [0.4, 0.5) is 0 Å². The number of hydrogen-bond acceptors (Lipinski definition) is 8. The molecular weight excluding hydrogens is 604 g/mol. The lowest BCUT2D eigenvalue weighted by molar-refractivity contribution is -0.626. The van der Waals surface area contributed by atoms with E-state index in [0.29, 0.717) is 84.9 Å². The van der Waals surface area contributed by atoms with Crippen LogP contribution in [-0.4, -0.2) is 55.0 Å². The van der Waals surface area contributed by atoms with Gasteiger partial charge in [-0.25, -0.2) is 0 Å². The van der Waals surface area contributed by atoms with Crippen LogP contribution in [0.15, 0.2) is 94.0 Å². The average Bonchev–Trinajstić information content (AvgIpc) is 3.97. The lowest BCUT2D eigenvalue weighted by Crippen LogP contribution is -3.12. The van der Waals surface area contributed by atoms with Crippen molar-refractivity contribution in [2.45, 2.75) is 37.8 Å². The molecule has 0 saturated heterocycles. The molecule has 240 valence electrons. The molecule has 0 radical (unpaired) electrons. The minimum absolute atomic E-state index is 0.223. The third kappa shape index (κ3) is 3.06. The molecule has 2 aromatic carbocycles. The van der Waals surface area contributed by atoms with Gasteiger partial charge in [-0.2, -0.15) is 9.97 Å². The molecule has 12 rings (SSSR count). The smallest absolute Gasteiger partial charge is 0.253 e. The number of carbonyl (C=O) groups excluding carboxylic acids is 2. The molecule has 10 heteroatoms. The number of aryl methyl sites for hydroxylation is 4. The van der Waals surface area contributed by atoms with Crippen molar-refractivity contribution in [1.82, 2.24) is 30.1 Å². The monoisotopic (exact) mass is 638 g/mol. The summed E-state index contributed by atoms with van der Waals surface area (Å²) in [6, 6.07) is 19.9. The van der Waals surface area contributed by atoms with Gasteiger partial charge in [0.25, 0.3) is 11.8 Å². The minimum Gasteiger partial charge on any atom is -0.337 e. The fourth-order valence-electron chi connectivity index (χ4n) is 11.6. The summed E-state index contributed by atoms with van der Waals surface area (Å²) in [5, 5.41) is 8.48. The second-order valence-electron chi connectivity index (χ2n) is 14.8. The summed E-state index contributed by atoms with van der Waals surface area (Å²) in [6.45, 7) is 1.11. The molecule has 2 aliphatic heterocycles. The first-order chi connectivity index (χ1) is 23.6. The van der Waals surface area contributed by atoms with E-state index in [1.54, 1.807) is 0 Å². The summed E-state index contributed by atoms with van der Waals surface area (Å²) in [5.41, 5.74) is 1.89. The minimum atomic E-state index is -0.324. The standard InChI is InChI=1S/C38H34N6O4/c45-35(43-19-7-13-23(43)33-39-25(41-47-33)17-15-21-9-3-1-4-10-21)37-27-30-28(37)32-29(37)31(27)38(30,32)36(46)44-20-8-14-24(44)34-40-26(42-48-34)18-16-22-11-5-2-6-12-22/h1-14,23-24,27-32H,15-20H2/t23-,24-,27?,28?,29?,30?,31?,32?,37?,38?/m0/s1. The highest BCUT2D eigenvalue weighted by atomic mass is 16.5. The van der Waals surface area contributed by atoms with Gasteiger partial charge in [-0.3, -0.25) is 9.59 Å². The van der Waals surface area contributed by atoms with Crippen LogP contribution in [0, 0.1) is 46.3 Å². The fourth-order valence-corrected chi connectivity index (χ4v) is 11.6. The van der Waals surface area contributed by atoms with Gasteiger partial charge in [0, 0.05) is 25.9 Å².